The van der Waals surface area contributed by atoms with Crippen molar-refractivity contribution in [1.82, 2.24) is 15.3 Å². The molecule has 0 bridgehead atoms. The van der Waals surface area contributed by atoms with Crippen LogP contribution in [0, 0.1) is 12.8 Å². The van der Waals surface area contributed by atoms with Gasteiger partial charge >= 0.3 is 0 Å². The average Bonchev–Trinajstić information content (AvgIpc) is 2.82. The van der Waals surface area contributed by atoms with E-state index in [2.05, 4.69) is 22.2 Å². The van der Waals surface area contributed by atoms with Gasteiger partial charge in [0, 0.05) is 6.20 Å². The van der Waals surface area contributed by atoms with Crippen LogP contribution in [-0.4, -0.2) is 16.5 Å². The highest BCUT2D eigenvalue weighted by Gasteiger charge is 2.21. The summed E-state index contributed by atoms with van der Waals surface area (Å²) in [5.41, 5.74) is 2.09. The number of rotatable bonds is 5. The van der Waals surface area contributed by atoms with Gasteiger partial charge in [-0.25, -0.2) is 0 Å². The zero-order valence-corrected chi connectivity index (χ0v) is 10.9. The monoisotopic (exact) mass is 233 g/mol. The van der Waals surface area contributed by atoms with Crippen molar-refractivity contribution in [2.75, 3.05) is 6.54 Å². The number of aromatic nitrogens is 2. The predicted octanol–water partition coefficient (Wildman–Crippen LogP) is 3.02. The molecular weight excluding hydrogens is 210 g/mol. The molecule has 0 aromatic carbocycles. The molecule has 3 nitrogen and oxygen atoms in total. The van der Waals surface area contributed by atoms with Crippen molar-refractivity contribution < 1.29 is 0 Å². The Kier molecular flexibility index (Phi) is 4.49. The van der Waals surface area contributed by atoms with Crippen LogP contribution in [0.25, 0.3) is 0 Å². The standard InChI is InChI=1S/C14H23N3/c1-3-15-13(8-12-6-4-5-7-12)14-10-16-11(2)9-17-14/h9-10,12-13,15H,3-8H2,1-2H3. The molecule has 94 valence electrons. The van der Waals surface area contributed by atoms with Gasteiger partial charge in [-0.1, -0.05) is 32.6 Å². The van der Waals surface area contributed by atoms with Crippen molar-refractivity contribution in [2.24, 2.45) is 5.92 Å². The Morgan fingerprint density at radius 1 is 1.29 bits per heavy atom. The maximum atomic E-state index is 4.51. The summed E-state index contributed by atoms with van der Waals surface area (Å²) in [6, 6.07) is 0.385. The lowest BCUT2D eigenvalue weighted by molar-refractivity contribution is 0.394. The van der Waals surface area contributed by atoms with E-state index >= 15 is 0 Å². The molecule has 1 unspecified atom stereocenters. The molecule has 1 aromatic rings. The molecule has 1 saturated carbocycles. The van der Waals surface area contributed by atoms with Gasteiger partial charge in [0.1, 0.15) is 0 Å². The zero-order chi connectivity index (χ0) is 12.1. The van der Waals surface area contributed by atoms with Crippen molar-refractivity contribution >= 4 is 0 Å². The number of hydrogen-bond acceptors (Lipinski definition) is 3. The van der Waals surface area contributed by atoms with E-state index in [4.69, 9.17) is 0 Å². The first-order chi connectivity index (χ1) is 8.29. The summed E-state index contributed by atoms with van der Waals surface area (Å²) in [5, 5.41) is 3.54. The van der Waals surface area contributed by atoms with Gasteiger partial charge in [0.25, 0.3) is 0 Å². The Morgan fingerprint density at radius 2 is 2.06 bits per heavy atom. The Hall–Kier alpha value is -0.960. The summed E-state index contributed by atoms with van der Waals surface area (Å²) < 4.78 is 0. The van der Waals surface area contributed by atoms with Gasteiger partial charge in [0.05, 0.1) is 23.6 Å². The van der Waals surface area contributed by atoms with Crippen LogP contribution in [0.3, 0.4) is 0 Å². The fraction of sp³-hybridized carbons (Fsp3) is 0.714. The van der Waals surface area contributed by atoms with Crippen LogP contribution in [-0.2, 0) is 0 Å². The van der Waals surface area contributed by atoms with Gasteiger partial charge in [0.15, 0.2) is 0 Å². The molecule has 1 aliphatic rings. The number of aryl methyl sites for hydroxylation is 1. The number of nitrogens with zero attached hydrogens (tertiary/aromatic N) is 2. The molecule has 0 spiro atoms. The molecule has 0 amide bonds. The molecule has 1 aromatic heterocycles. The largest absolute Gasteiger partial charge is 0.309 e. The van der Waals surface area contributed by atoms with Gasteiger partial charge in [-0.2, -0.15) is 0 Å². The van der Waals surface area contributed by atoms with Gasteiger partial charge in [-0.15, -0.1) is 0 Å². The molecule has 0 aliphatic heterocycles. The summed E-state index contributed by atoms with van der Waals surface area (Å²) in [5.74, 6) is 0.877. The number of nitrogens with one attached hydrogen (secondary N) is 1. The Morgan fingerprint density at radius 3 is 2.65 bits per heavy atom. The highest BCUT2D eigenvalue weighted by molar-refractivity contribution is 5.06. The van der Waals surface area contributed by atoms with Crippen LogP contribution < -0.4 is 5.32 Å². The first-order valence-electron chi connectivity index (χ1n) is 6.81. The third kappa shape index (κ3) is 3.50. The smallest absolute Gasteiger partial charge is 0.0756 e. The van der Waals surface area contributed by atoms with Crippen LogP contribution in [0.2, 0.25) is 0 Å². The summed E-state index contributed by atoms with van der Waals surface area (Å²) >= 11 is 0. The minimum atomic E-state index is 0.385. The van der Waals surface area contributed by atoms with E-state index in [-0.39, 0.29) is 0 Å². The van der Waals surface area contributed by atoms with E-state index < -0.39 is 0 Å². The third-order valence-corrected chi connectivity index (χ3v) is 3.65. The molecule has 17 heavy (non-hydrogen) atoms. The molecule has 0 saturated heterocycles. The molecule has 1 atom stereocenters. The van der Waals surface area contributed by atoms with Crippen LogP contribution >= 0.6 is 0 Å². The summed E-state index contributed by atoms with van der Waals surface area (Å²) in [7, 11) is 0. The van der Waals surface area contributed by atoms with E-state index in [1.54, 1.807) is 0 Å². The van der Waals surface area contributed by atoms with Crippen LogP contribution in [0.15, 0.2) is 12.4 Å². The lowest BCUT2D eigenvalue weighted by Crippen LogP contribution is -2.24. The van der Waals surface area contributed by atoms with Crippen molar-refractivity contribution in [3.63, 3.8) is 0 Å². The Balaban J connectivity index is 2.02. The van der Waals surface area contributed by atoms with E-state index in [0.29, 0.717) is 6.04 Å². The van der Waals surface area contributed by atoms with E-state index in [9.17, 15) is 0 Å². The lowest BCUT2D eigenvalue weighted by Gasteiger charge is -2.20. The fourth-order valence-corrected chi connectivity index (χ4v) is 2.72. The second-order valence-electron chi connectivity index (χ2n) is 5.08. The Bertz CT molecular complexity index is 328. The maximum Gasteiger partial charge on any atom is 0.0756 e. The second-order valence-corrected chi connectivity index (χ2v) is 5.08. The molecule has 1 fully saturated rings. The van der Waals surface area contributed by atoms with Crippen molar-refractivity contribution in [1.29, 1.82) is 0 Å². The first-order valence-corrected chi connectivity index (χ1v) is 6.81. The average molecular weight is 233 g/mol. The second kappa shape index (κ2) is 6.10. The predicted molar refractivity (Wildman–Crippen MR) is 69.8 cm³/mol. The topological polar surface area (TPSA) is 37.8 Å². The van der Waals surface area contributed by atoms with Crippen molar-refractivity contribution in [2.45, 2.75) is 52.0 Å². The third-order valence-electron chi connectivity index (χ3n) is 3.65. The van der Waals surface area contributed by atoms with Gasteiger partial charge in [-0.05, 0) is 25.8 Å². The molecule has 1 aliphatic carbocycles. The van der Waals surface area contributed by atoms with Crippen molar-refractivity contribution in [3.05, 3.63) is 23.8 Å². The lowest BCUT2D eigenvalue weighted by atomic mass is 9.96. The molecule has 3 heteroatoms. The number of hydrogen-bond donors (Lipinski definition) is 1. The highest BCUT2D eigenvalue weighted by atomic mass is 14.9. The van der Waals surface area contributed by atoms with Gasteiger partial charge in [0.2, 0.25) is 0 Å². The maximum absolute atomic E-state index is 4.51. The summed E-state index contributed by atoms with van der Waals surface area (Å²) in [6.07, 6.45) is 10.6. The molecule has 1 N–H and O–H groups in total. The Labute approximate surface area is 104 Å². The van der Waals surface area contributed by atoms with Crippen molar-refractivity contribution in [3.8, 4) is 0 Å². The van der Waals surface area contributed by atoms with E-state index in [1.807, 2.05) is 19.3 Å². The van der Waals surface area contributed by atoms with Gasteiger partial charge < -0.3 is 5.32 Å². The SMILES string of the molecule is CCNC(CC1CCCC1)c1cnc(C)cn1. The first kappa shape index (κ1) is 12.5. The van der Waals surface area contributed by atoms with Crippen LogP contribution in [0.4, 0.5) is 0 Å². The van der Waals surface area contributed by atoms with Gasteiger partial charge in [-0.3, -0.25) is 9.97 Å². The highest BCUT2D eigenvalue weighted by Crippen LogP contribution is 2.32. The summed E-state index contributed by atoms with van der Waals surface area (Å²) in [6.45, 7) is 5.13. The molecule has 1 heterocycles. The quantitative estimate of drug-likeness (QED) is 0.849. The van der Waals surface area contributed by atoms with E-state index in [1.165, 1.54) is 32.1 Å². The zero-order valence-electron chi connectivity index (χ0n) is 10.9. The van der Waals surface area contributed by atoms with Crippen LogP contribution in [0.5, 0.6) is 0 Å². The van der Waals surface area contributed by atoms with Crippen LogP contribution in [0.1, 0.15) is 56.5 Å². The normalized spacial score (nSPS) is 18.5. The minimum absolute atomic E-state index is 0.385. The minimum Gasteiger partial charge on any atom is -0.309 e. The summed E-state index contributed by atoms with van der Waals surface area (Å²) in [4.78, 5) is 8.87. The molecule has 2 rings (SSSR count). The van der Waals surface area contributed by atoms with E-state index in [0.717, 1.165) is 23.9 Å². The fourth-order valence-electron chi connectivity index (χ4n) is 2.72. The molecule has 0 radical (unpaired) electrons. The molecular formula is C14H23N3.